The summed E-state index contributed by atoms with van der Waals surface area (Å²) in [5.74, 6) is 4.84. The van der Waals surface area contributed by atoms with Gasteiger partial charge < -0.3 is 15.7 Å². The standard InChI is InChI=1S/C14H23N3O3/c1-3-5-6-7-15-14(20)16-11-8-12(9-11)17(4-2)10-13(18)19/h11-12H,4,6-10H2,1-2H3,(H,18,19)(H2,15,16,20). The fraction of sp³-hybridized carbons (Fsp3) is 0.714. The molecule has 0 atom stereocenters. The maximum atomic E-state index is 11.6. The predicted molar refractivity (Wildman–Crippen MR) is 76.3 cm³/mol. The molecule has 1 fully saturated rings. The number of nitrogens with one attached hydrogen (secondary N) is 2. The van der Waals surface area contributed by atoms with Crippen molar-refractivity contribution >= 4 is 12.0 Å². The molecule has 0 heterocycles. The van der Waals surface area contributed by atoms with E-state index in [9.17, 15) is 9.59 Å². The third-order valence-electron chi connectivity index (χ3n) is 3.42. The molecule has 2 amide bonds. The zero-order valence-electron chi connectivity index (χ0n) is 12.1. The number of carboxylic acids is 1. The molecule has 3 N–H and O–H groups in total. The molecule has 0 bridgehead atoms. The number of nitrogens with zero attached hydrogens (tertiary/aromatic N) is 1. The monoisotopic (exact) mass is 281 g/mol. The first-order valence-electron chi connectivity index (χ1n) is 6.96. The van der Waals surface area contributed by atoms with E-state index in [1.165, 1.54) is 0 Å². The highest BCUT2D eigenvalue weighted by Crippen LogP contribution is 2.25. The van der Waals surface area contributed by atoms with E-state index in [1.807, 2.05) is 11.8 Å². The maximum absolute atomic E-state index is 11.6. The van der Waals surface area contributed by atoms with E-state index in [0.29, 0.717) is 19.5 Å². The number of carbonyl (C=O) groups is 2. The van der Waals surface area contributed by atoms with Crippen molar-refractivity contribution in [2.45, 2.75) is 45.2 Å². The number of likely N-dealkylation sites (N-methyl/N-ethyl adjacent to an activating group) is 1. The molecular weight excluding hydrogens is 258 g/mol. The number of carboxylic acid groups (broad SMARTS) is 1. The molecule has 0 radical (unpaired) electrons. The molecule has 0 aromatic carbocycles. The first-order valence-corrected chi connectivity index (χ1v) is 6.96. The number of aliphatic carboxylic acids is 1. The van der Waals surface area contributed by atoms with Gasteiger partial charge in [0.2, 0.25) is 0 Å². The SMILES string of the molecule is CC#CCCNC(=O)NC1CC(N(CC)CC(=O)O)C1. The number of urea groups is 1. The van der Waals surface area contributed by atoms with E-state index in [4.69, 9.17) is 5.11 Å². The minimum atomic E-state index is -0.807. The number of hydrogen-bond donors (Lipinski definition) is 3. The summed E-state index contributed by atoms with van der Waals surface area (Å²) in [6.07, 6.45) is 2.27. The summed E-state index contributed by atoms with van der Waals surface area (Å²) in [6, 6.07) is 0.222. The second-order valence-corrected chi connectivity index (χ2v) is 4.86. The minimum Gasteiger partial charge on any atom is -0.480 e. The maximum Gasteiger partial charge on any atom is 0.317 e. The fourth-order valence-electron chi connectivity index (χ4n) is 2.28. The van der Waals surface area contributed by atoms with Gasteiger partial charge >= 0.3 is 12.0 Å². The number of amides is 2. The van der Waals surface area contributed by atoms with Gasteiger partial charge in [-0.1, -0.05) is 6.92 Å². The molecule has 0 aromatic rings. The molecule has 6 heteroatoms. The molecule has 0 saturated heterocycles. The van der Waals surface area contributed by atoms with E-state index < -0.39 is 5.97 Å². The highest BCUT2D eigenvalue weighted by atomic mass is 16.4. The van der Waals surface area contributed by atoms with Gasteiger partial charge in [0.25, 0.3) is 0 Å². The Bertz CT molecular complexity index is 394. The van der Waals surface area contributed by atoms with Gasteiger partial charge in [-0.05, 0) is 26.3 Å². The summed E-state index contributed by atoms with van der Waals surface area (Å²) in [6.45, 7) is 5.04. The van der Waals surface area contributed by atoms with Crippen molar-refractivity contribution in [3.05, 3.63) is 0 Å². The lowest BCUT2D eigenvalue weighted by Gasteiger charge is -2.42. The summed E-state index contributed by atoms with van der Waals surface area (Å²) in [4.78, 5) is 24.2. The van der Waals surface area contributed by atoms with Crippen LogP contribution in [0.25, 0.3) is 0 Å². The molecule has 0 aliphatic heterocycles. The topological polar surface area (TPSA) is 81.7 Å². The van der Waals surface area contributed by atoms with Gasteiger partial charge in [-0.2, -0.15) is 0 Å². The molecule has 1 aliphatic rings. The average Bonchev–Trinajstić information content (AvgIpc) is 2.36. The smallest absolute Gasteiger partial charge is 0.317 e. The van der Waals surface area contributed by atoms with E-state index in [-0.39, 0.29) is 24.7 Å². The summed E-state index contributed by atoms with van der Waals surface area (Å²) in [5.41, 5.74) is 0. The zero-order valence-corrected chi connectivity index (χ0v) is 12.1. The fourth-order valence-corrected chi connectivity index (χ4v) is 2.28. The number of hydrogen-bond acceptors (Lipinski definition) is 3. The van der Waals surface area contributed by atoms with Crippen molar-refractivity contribution in [1.82, 2.24) is 15.5 Å². The first kappa shape index (κ1) is 16.3. The Balaban J connectivity index is 2.18. The van der Waals surface area contributed by atoms with Crippen LogP contribution in [0.5, 0.6) is 0 Å². The molecule has 1 saturated carbocycles. The molecule has 0 aromatic heterocycles. The number of rotatable bonds is 7. The quantitative estimate of drug-likeness (QED) is 0.472. The van der Waals surface area contributed by atoms with Gasteiger partial charge in [-0.15, -0.1) is 11.8 Å². The highest BCUT2D eigenvalue weighted by molar-refractivity contribution is 5.74. The van der Waals surface area contributed by atoms with Gasteiger partial charge in [-0.25, -0.2) is 4.79 Å². The van der Waals surface area contributed by atoms with Crippen LogP contribution < -0.4 is 10.6 Å². The van der Waals surface area contributed by atoms with Crippen LogP contribution in [0, 0.1) is 11.8 Å². The van der Waals surface area contributed by atoms with Crippen LogP contribution in [-0.4, -0.2) is 53.7 Å². The molecule has 0 spiro atoms. The second-order valence-electron chi connectivity index (χ2n) is 4.86. The molecule has 20 heavy (non-hydrogen) atoms. The lowest BCUT2D eigenvalue weighted by Crippen LogP contribution is -2.56. The van der Waals surface area contributed by atoms with E-state index in [1.54, 1.807) is 6.92 Å². The zero-order chi connectivity index (χ0) is 15.0. The van der Waals surface area contributed by atoms with Crippen LogP contribution >= 0.6 is 0 Å². The summed E-state index contributed by atoms with van der Waals surface area (Å²) < 4.78 is 0. The molecule has 0 unspecified atom stereocenters. The summed E-state index contributed by atoms with van der Waals surface area (Å²) in [7, 11) is 0. The van der Waals surface area contributed by atoms with Crippen molar-refractivity contribution < 1.29 is 14.7 Å². The van der Waals surface area contributed by atoms with Crippen molar-refractivity contribution in [2.24, 2.45) is 0 Å². The van der Waals surface area contributed by atoms with Gasteiger partial charge in [0, 0.05) is 25.0 Å². The Morgan fingerprint density at radius 3 is 2.65 bits per heavy atom. The lowest BCUT2D eigenvalue weighted by atomic mass is 9.85. The summed E-state index contributed by atoms with van der Waals surface area (Å²) >= 11 is 0. The number of carbonyl (C=O) groups excluding carboxylic acids is 1. The van der Waals surface area contributed by atoms with Crippen LogP contribution in [-0.2, 0) is 4.79 Å². The first-order chi connectivity index (χ1) is 9.56. The Hall–Kier alpha value is -1.74. The van der Waals surface area contributed by atoms with E-state index in [2.05, 4.69) is 22.5 Å². The van der Waals surface area contributed by atoms with Gasteiger partial charge in [-0.3, -0.25) is 9.69 Å². The van der Waals surface area contributed by atoms with Crippen LogP contribution in [0.3, 0.4) is 0 Å². The Morgan fingerprint density at radius 2 is 2.10 bits per heavy atom. The van der Waals surface area contributed by atoms with Gasteiger partial charge in [0.05, 0.1) is 6.54 Å². The minimum absolute atomic E-state index is 0.0652. The van der Waals surface area contributed by atoms with Crippen LogP contribution in [0.1, 0.15) is 33.1 Å². The van der Waals surface area contributed by atoms with Crippen molar-refractivity contribution in [1.29, 1.82) is 0 Å². The highest BCUT2D eigenvalue weighted by Gasteiger charge is 2.34. The molecule has 1 aliphatic carbocycles. The van der Waals surface area contributed by atoms with Crippen LogP contribution in [0.2, 0.25) is 0 Å². The van der Waals surface area contributed by atoms with Crippen molar-refractivity contribution in [3.8, 4) is 11.8 Å². The van der Waals surface area contributed by atoms with Crippen molar-refractivity contribution in [2.75, 3.05) is 19.6 Å². The predicted octanol–water partition coefficient (Wildman–Crippen LogP) is 0.636. The van der Waals surface area contributed by atoms with E-state index >= 15 is 0 Å². The van der Waals surface area contributed by atoms with E-state index in [0.717, 1.165) is 12.8 Å². The second kappa shape index (κ2) is 8.43. The molecule has 6 nitrogen and oxygen atoms in total. The van der Waals surface area contributed by atoms with Crippen LogP contribution in [0.4, 0.5) is 4.79 Å². The van der Waals surface area contributed by atoms with Gasteiger partial charge in [0.1, 0.15) is 0 Å². The average molecular weight is 281 g/mol. The Kier molecular flexibility index (Phi) is 6.88. The third kappa shape index (κ3) is 5.49. The normalized spacial score (nSPS) is 20.6. The largest absolute Gasteiger partial charge is 0.480 e. The lowest BCUT2D eigenvalue weighted by molar-refractivity contribution is -0.139. The molecule has 112 valence electrons. The molecular formula is C14H23N3O3. The Morgan fingerprint density at radius 1 is 1.40 bits per heavy atom. The van der Waals surface area contributed by atoms with Crippen LogP contribution in [0.15, 0.2) is 0 Å². The molecule has 1 rings (SSSR count). The van der Waals surface area contributed by atoms with Gasteiger partial charge in [0.15, 0.2) is 0 Å². The Labute approximate surface area is 119 Å². The summed E-state index contributed by atoms with van der Waals surface area (Å²) in [5, 5.41) is 14.4. The van der Waals surface area contributed by atoms with Crippen molar-refractivity contribution in [3.63, 3.8) is 0 Å². The third-order valence-corrected chi connectivity index (χ3v) is 3.42.